The summed E-state index contributed by atoms with van der Waals surface area (Å²) in [5, 5.41) is 1.25. The second-order valence-electron chi connectivity index (χ2n) is 4.96. The highest BCUT2D eigenvalue weighted by Crippen LogP contribution is 2.40. The van der Waals surface area contributed by atoms with Crippen LogP contribution in [0.25, 0.3) is 10.8 Å². The van der Waals surface area contributed by atoms with E-state index in [4.69, 9.17) is 21.1 Å². The van der Waals surface area contributed by atoms with Gasteiger partial charge >= 0.3 is 12.1 Å². The van der Waals surface area contributed by atoms with Gasteiger partial charge in [-0.25, -0.2) is 9.59 Å². The van der Waals surface area contributed by atoms with Gasteiger partial charge in [0.1, 0.15) is 5.75 Å². The van der Waals surface area contributed by atoms with E-state index in [1.807, 2.05) is 13.0 Å². The summed E-state index contributed by atoms with van der Waals surface area (Å²) in [6.07, 6.45) is -0.865. The summed E-state index contributed by atoms with van der Waals surface area (Å²) in [5.41, 5.74) is 1.18. The summed E-state index contributed by atoms with van der Waals surface area (Å²) in [6, 6.07) is 6.77. The lowest BCUT2D eigenvalue weighted by Crippen LogP contribution is -2.10. The number of esters is 1. The van der Waals surface area contributed by atoms with Crippen LogP contribution in [0.2, 0.25) is 5.02 Å². The summed E-state index contributed by atoms with van der Waals surface area (Å²) in [4.78, 5) is 23.2. The molecule has 0 saturated heterocycles. The molecule has 0 bridgehead atoms. The van der Waals surface area contributed by atoms with E-state index < -0.39 is 12.1 Å². The summed E-state index contributed by atoms with van der Waals surface area (Å²) in [7, 11) is 1.21. The molecule has 23 heavy (non-hydrogen) atoms. The van der Waals surface area contributed by atoms with E-state index in [0.717, 1.165) is 5.56 Å². The summed E-state index contributed by atoms with van der Waals surface area (Å²) >= 11 is 6.18. The lowest BCUT2D eigenvalue weighted by Gasteiger charge is -2.13. The Bertz CT molecular complexity index is 810. The molecule has 0 N–H and O–H groups in total. The molecule has 0 heterocycles. The van der Waals surface area contributed by atoms with Crippen LogP contribution in [0, 0.1) is 6.92 Å². The Morgan fingerprint density at radius 1 is 1.13 bits per heavy atom. The van der Waals surface area contributed by atoms with Crippen LogP contribution in [0.3, 0.4) is 0 Å². The molecule has 0 fully saturated rings. The third-order valence-electron chi connectivity index (χ3n) is 3.06. The molecule has 0 amide bonds. The van der Waals surface area contributed by atoms with Gasteiger partial charge in [-0.3, -0.25) is 0 Å². The number of halogens is 1. The van der Waals surface area contributed by atoms with Crippen LogP contribution in [0.4, 0.5) is 4.79 Å². The van der Waals surface area contributed by atoms with Gasteiger partial charge in [0.25, 0.3) is 0 Å². The second kappa shape index (κ2) is 6.71. The maximum absolute atomic E-state index is 11.8. The monoisotopic (exact) mass is 334 g/mol. The quantitative estimate of drug-likeness (QED) is 0.359. The van der Waals surface area contributed by atoms with Crippen molar-refractivity contribution >= 4 is 34.5 Å². The molecule has 0 unspecified atom stereocenters. The number of benzene rings is 2. The molecule has 0 radical (unpaired) electrons. The van der Waals surface area contributed by atoms with Gasteiger partial charge in [0.15, 0.2) is 5.75 Å². The van der Waals surface area contributed by atoms with Crippen LogP contribution in [-0.4, -0.2) is 19.2 Å². The van der Waals surface area contributed by atoms with Crippen molar-refractivity contribution in [3.8, 4) is 11.5 Å². The van der Waals surface area contributed by atoms with E-state index in [9.17, 15) is 9.59 Å². The fraction of sp³-hybridized carbons (Fsp3) is 0.176. The number of rotatable bonds is 3. The Hall–Kier alpha value is -2.53. The minimum Gasteiger partial charge on any atom is -0.437 e. The Kier molecular flexibility index (Phi) is 4.91. The van der Waals surface area contributed by atoms with Gasteiger partial charge in [0.05, 0.1) is 12.1 Å². The third kappa shape index (κ3) is 3.63. The molecule has 2 aromatic carbocycles. The molecule has 2 rings (SSSR count). The predicted octanol–water partition coefficient (Wildman–Crippen LogP) is 4.43. The fourth-order valence-electron chi connectivity index (χ4n) is 1.95. The topological polar surface area (TPSA) is 61.8 Å². The number of fused-ring (bicyclic) bond motifs is 1. The van der Waals surface area contributed by atoms with E-state index in [1.165, 1.54) is 20.1 Å². The van der Waals surface area contributed by atoms with Crippen LogP contribution < -0.4 is 9.47 Å². The lowest BCUT2D eigenvalue weighted by molar-refractivity contribution is -0.129. The smallest absolute Gasteiger partial charge is 0.437 e. The van der Waals surface area contributed by atoms with Gasteiger partial charge < -0.3 is 14.2 Å². The van der Waals surface area contributed by atoms with E-state index in [1.54, 1.807) is 12.1 Å². The number of carbonyl (C=O) groups excluding carboxylic acids is 2. The van der Waals surface area contributed by atoms with Gasteiger partial charge in [0, 0.05) is 22.4 Å². The van der Waals surface area contributed by atoms with Crippen LogP contribution in [0.15, 0.2) is 36.4 Å². The first kappa shape index (κ1) is 16.8. The first-order valence-electron chi connectivity index (χ1n) is 6.70. The van der Waals surface area contributed by atoms with Crippen molar-refractivity contribution in [1.29, 1.82) is 0 Å². The van der Waals surface area contributed by atoms with Crippen molar-refractivity contribution in [3.63, 3.8) is 0 Å². The molecule has 0 spiro atoms. The summed E-state index contributed by atoms with van der Waals surface area (Å²) in [6.45, 7) is 6.96. The van der Waals surface area contributed by atoms with Gasteiger partial charge in [-0.1, -0.05) is 35.9 Å². The molecule has 0 atom stereocenters. The number of aryl methyl sites for hydroxylation is 1. The number of methoxy groups -OCH3 is 1. The standard InChI is InChI=1S/C17H15ClO5/c1-9(2)16(19)23-15-11-6-5-10(3)7-12(11)14(8-13(15)18)22-17(20)21-4/h5-8H,1H2,2-4H3. The van der Waals surface area contributed by atoms with Crippen LogP contribution in [0.1, 0.15) is 12.5 Å². The van der Waals surface area contributed by atoms with Gasteiger partial charge in [-0.05, 0) is 19.9 Å². The number of hydrogen-bond donors (Lipinski definition) is 0. The second-order valence-corrected chi connectivity index (χ2v) is 5.37. The molecule has 5 nitrogen and oxygen atoms in total. The Labute approximate surface area is 138 Å². The first-order valence-corrected chi connectivity index (χ1v) is 7.07. The van der Waals surface area contributed by atoms with Crippen LogP contribution >= 0.6 is 11.6 Å². The van der Waals surface area contributed by atoms with Crippen molar-refractivity contribution in [1.82, 2.24) is 0 Å². The lowest BCUT2D eigenvalue weighted by atomic mass is 10.1. The minimum absolute atomic E-state index is 0.134. The average Bonchev–Trinajstić information content (AvgIpc) is 2.50. The van der Waals surface area contributed by atoms with Crippen LogP contribution in [0.5, 0.6) is 11.5 Å². The Morgan fingerprint density at radius 3 is 2.43 bits per heavy atom. The Morgan fingerprint density at radius 2 is 1.83 bits per heavy atom. The van der Waals surface area contributed by atoms with Crippen LogP contribution in [-0.2, 0) is 9.53 Å². The highest BCUT2D eigenvalue weighted by molar-refractivity contribution is 6.34. The van der Waals surface area contributed by atoms with E-state index in [2.05, 4.69) is 11.3 Å². The molecule has 120 valence electrons. The summed E-state index contributed by atoms with van der Waals surface area (Å²) < 4.78 is 14.9. The van der Waals surface area contributed by atoms with Crippen molar-refractivity contribution in [3.05, 3.63) is 47.0 Å². The maximum atomic E-state index is 11.8. The zero-order chi connectivity index (χ0) is 17.1. The van der Waals surface area contributed by atoms with Gasteiger partial charge in [-0.2, -0.15) is 0 Å². The molecular formula is C17H15ClO5. The number of ether oxygens (including phenoxy) is 3. The number of hydrogen-bond acceptors (Lipinski definition) is 5. The molecule has 0 aliphatic heterocycles. The highest BCUT2D eigenvalue weighted by atomic mass is 35.5. The molecule has 0 aromatic heterocycles. The van der Waals surface area contributed by atoms with Crippen molar-refractivity contribution in [2.24, 2.45) is 0 Å². The third-order valence-corrected chi connectivity index (χ3v) is 3.34. The Balaban J connectivity index is 2.64. The van der Waals surface area contributed by atoms with Gasteiger partial charge in [0.2, 0.25) is 0 Å². The SMILES string of the molecule is C=C(C)C(=O)Oc1c(Cl)cc(OC(=O)OC)c2cc(C)ccc12. The normalized spacial score (nSPS) is 10.3. The predicted molar refractivity (Wildman–Crippen MR) is 87.2 cm³/mol. The maximum Gasteiger partial charge on any atom is 0.513 e. The zero-order valence-corrected chi connectivity index (χ0v) is 13.7. The van der Waals surface area contributed by atoms with E-state index in [0.29, 0.717) is 10.8 Å². The minimum atomic E-state index is -0.865. The van der Waals surface area contributed by atoms with E-state index >= 15 is 0 Å². The molecule has 2 aromatic rings. The molecule has 0 aliphatic rings. The largest absolute Gasteiger partial charge is 0.513 e. The molecule has 0 saturated carbocycles. The average molecular weight is 335 g/mol. The number of carbonyl (C=O) groups is 2. The molecule has 0 aliphatic carbocycles. The van der Waals surface area contributed by atoms with Crippen molar-refractivity contribution in [2.75, 3.05) is 7.11 Å². The summed E-state index contributed by atoms with van der Waals surface area (Å²) in [5.74, 6) is -0.182. The van der Waals surface area contributed by atoms with Crippen molar-refractivity contribution in [2.45, 2.75) is 13.8 Å². The van der Waals surface area contributed by atoms with Gasteiger partial charge in [-0.15, -0.1) is 0 Å². The fourth-order valence-corrected chi connectivity index (χ4v) is 2.19. The van der Waals surface area contributed by atoms with Crippen molar-refractivity contribution < 1.29 is 23.8 Å². The first-order chi connectivity index (χ1) is 10.8. The highest BCUT2D eigenvalue weighted by Gasteiger charge is 2.18. The molecular weight excluding hydrogens is 320 g/mol. The van der Waals surface area contributed by atoms with E-state index in [-0.39, 0.29) is 22.1 Å². The zero-order valence-electron chi connectivity index (χ0n) is 12.9. The molecule has 6 heteroatoms.